The van der Waals surface area contributed by atoms with E-state index in [0.29, 0.717) is 12.2 Å². The normalized spacial score (nSPS) is 12.2. The van der Waals surface area contributed by atoms with Gasteiger partial charge in [-0.15, -0.1) is 0 Å². The van der Waals surface area contributed by atoms with Crippen molar-refractivity contribution in [2.75, 3.05) is 24.4 Å². The monoisotopic (exact) mass is 587 g/mol. The molecule has 2 N–H and O–H groups in total. The summed E-state index contributed by atoms with van der Waals surface area (Å²) < 4.78 is 44.0. The number of rotatable bonds is 8. The first kappa shape index (κ1) is 29.5. The number of alkyl halides is 3. The zero-order valence-electron chi connectivity index (χ0n) is 23.6. The van der Waals surface area contributed by atoms with Gasteiger partial charge in [-0.05, 0) is 60.0 Å². The molecule has 8 nitrogen and oxygen atoms in total. The van der Waals surface area contributed by atoms with E-state index >= 15 is 0 Å². The molecule has 3 aromatic heterocycles. The van der Waals surface area contributed by atoms with Gasteiger partial charge in [0, 0.05) is 66.6 Å². The van der Waals surface area contributed by atoms with E-state index in [1.54, 1.807) is 31.6 Å². The smallest absolute Gasteiger partial charge is 0.418 e. The lowest BCUT2D eigenvalue weighted by Gasteiger charge is -2.19. The van der Waals surface area contributed by atoms with Crippen molar-refractivity contribution in [2.24, 2.45) is 0 Å². The molecular formula is C32H28F3N5O3. The molecule has 43 heavy (non-hydrogen) atoms. The number of hydrogen-bond acceptors (Lipinski definition) is 7. The Morgan fingerprint density at radius 3 is 2.49 bits per heavy atom. The summed E-state index contributed by atoms with van der Waals surface area (Å²) in [6.45, 7) is 2.58. The minimum atomic E-state index is -4.87. The summed E-state index contributed by atoms with van der Waals surface area (Å²) in [6, 6.07) is 18.0. The number of carbonyl (C=O) groups excluding carboxylic acids is 1. The fourth-order valence-electron chi connectivity index (χ4n) is 4.59. The van der Waals surface area contributed by atoms with Gasteiger partial charge in [-0.25, -0.2) is 4.98 Å². The highest BCUT2D eigenvalue weighted by Crippen LogP contribution is 2.33. The number of aliphatic hydroxyl groups is 1. The average molecular weight is 588 g/mol. The molecule has 1 atom stereocenters. The number of fused-ring (bicyclic) bond motifs is 1. The van der Waals surface area contributed by atoms with Crippen LogP contribution in [0.5, 0.6) is 5.75 Å². The van der Waals surface area contributed by atoms with Crippen LogP contribution in [0, 0.1) is 6.92 Å². The highest BCUT2D eigenvalue weighted by atomic mass is 19.4. The molecule has 0 saturated heterocycles. The first-order valence-electron chi connectivity index (χ1n) is 13.2. The lowest BCUT2D eigenvalue weighted by atomic mass is 10.00. The quantitative estimate of drug-likeness (QED) is 0.214. The fraction of sp³-hybridized carbons (Fsp3) is 0.188. The van der Waals surface area contributed by atoms with Crippen LogP contribution in [0.2, 0.25) is 0 Å². The summed E-state index contributed by atoms with van der Waals surface area (Å²) in [5.74, 6) is 0.905. The maximum absolute atomic E-state index is 12.9. The lowest BCUT2D eigenvalue weighted by molar-refractivity contribution is -0.206. The van der Waals surface area contributed by atoms with Crippen LogP contribution in [-0.4, -0.2) is 46.3 Å². The van der Waals surface area contributed by atoms with Crippen LogP contribution in [-0.2, 0) is 6.54 Å². The number of aliphatic hydroxyl groups excluding tert-OH is 1. The summed E-state index contributed by atoms with van der Waals surface area (Å²) in [7, 11) is 3.59. The van der Waals surface area contributed by atoms with E-state index in [-0.39, 0.29) is 5.56 Å². The summed E-state index contributed by atoms with van der Waals surface area (Å²) in [4.78, 5) is 27.8. The van der Waals surface area contributed by atoms with Gasteiger partial charge in [-0.1, -0.05) is 18.2 Å². The van der Waals surface area contributed by atoms with E-state index in [4.69, 9.17) is 4.74 Å². The summed E-state index contributed by atoms with van der Waals surface area (Å²) in [6.07, 6.45) is -2.08. The molecule has 5 rings (SSSR count). The van der Waals surface area contributed by atoms with Crippen molar-refractivity contribution in [3.05, 3.63) is 108 Å². The molecule has 2 aromatic carbocycles. The van der Waals surface area contributed by atoms with E-state index in [9.17, 15) is 23.1 Å². The number of anilines is 2. The van der Waals surface area contributed by atoms with Gasteiger partial charge < -0.3 is 20.1 Å². The number of methoxy groups -OCH3 is 1. The van der Waals surface area contributed by atoms with Crippen LogP contribution in [0.3, 0.4) is 0 Å². The Balaban J connectivity index is 1.34. The van der Waals surface area contributed by atoms with Crippen molar-refractivity contribution in [1.29, 1.82) is 0 Å². The second-order valence-corrected chi connectivity index (χ2v) is 10.1. The first-order chi connectivity index (χ1) is 20.5. The maximum Gasteiger partial charge on any atom is 0.418 e. The summed E-state index contributed by atoms with van der Waals surface area (Å²) in [5, 5.41) is 13.1. The Bertz CT molecular complexity index is 1780. The number of ether oxygens (including phenoxy) is 1. The Hall–Kier alpha value is -5.03. The number of aromatic nitrogens is 3. The molecule has 0 spiro atoms. The third-order valence-electron chi connectivity index (χ3n) is 6.97. The van der Waals surface area contributed by atoms with Crippen LogP contribution >= 0.6 is 0 Å². The van der Waals surface area contributed by atoms with E-state index in [1.165, 1.54) is 0 Å². The number of nitrogens with one attached hydrogen (secondary N) is 1. The molecule has 11 heteroatoms. The SMILES string of the molecule is COc1ccc(CN(C)c2cc3ncc(-c4cc(NC(=O)c5cncc(C(O)C(F)(F)F)c5)ccc4C)cc3cn2)cc1. The molecule has 3 heterocycles. The van der Waals surface area contributed by atoms with Gasteiger partial charge in [0.2, 0.25) is 0 Å². The molecule has 0 radical (unpaired) electrons. The number of benzene rings is 2. The maximum atomic E-state index is 12.9. The van der Waals surface area contributed by atoms with Crippen LogP contribution in [0.1, 0.15) is 33.2 Å². The van der Waals surface area contributed by atoms with Crippen molar-refractivity contribution in [1.82, 2.24) is 15.0 Å². The molecule has 220 valence electrons. The number of aryl methyl sites for hydroxylation is 1. The van der Waals surface area contributed by atoms with E-state index in [1.807, 2.05) is 61.3 Å². The largest absolute Gasteiger partial charge is 0.497 e. The third kappa shape index (κ3) is 6.73. The third-order valence-corrected chi connectivity index (χ3v) is 6.97. The standard InChI is InChI=1S/C32H28F3N5O3/c1-19-4-7-25(39-31(42)24-11-23(14-36-15-24)30(41)32(33,34)35)12-27(19)21-10-22-17-38-29(13-28(22)37-16-21)40(2)18-20-5-8-26(43-3)9-6-20/h4-17,30,41H,18H2,1-3H3,(H,39,42). The van der Waals surface area contributed by atoms with Gasteiger partial charge in [0.15, 0.2) is 6.10 Å². The second-order valence-electron chi connectivity index (χ2n) is 10.1. The molecule has 1 unspecified atom stereocenters. The topological polar surface area (TPSA) is 100 Å². The summed E-state index contributed by atoms with van der Waals surface area (Å²) >= 11 is 0. The molecule has 0 bridgehead atoms. The fourth-order valence-corrected chi connectivity index (χ4v) is 4.59. The van der Waals surface area contributed by atoms with Crippen LogP contribution < -0.4 is 15.0 Å². The molecule has 5 aromatic rings. The molecule has 0 aliphatic rings. The highest BCUT2D eigenvalue weighted by Gasteiger charge is 2.39. The lowest BCUT2D eigenvalue weighted by Crippen LogP contribution is -2.21. The number of amides is 1. The number of nitrogens with zero attached hydrogens (tertiary/aromatic N) is 4. The summed E-state index contributed by atoms with van der Waals surface area (Å²) in [5.41, 5.74) is 4.22. The van der Waals surface area contributed by atoms with Crippen molar-refractivity contribution >= 4 is 28.3 Å². The number of pyridine rings is 3. The van der Waals surface area contributed by atoms with Gasteiger partial charge >= 0.3 is 6.18 Å². The molecule has 0 saturated carbocycles. The van der Waals surface area contributed by atoms with Crippen molar-refractivity contribution < 1.29 is 27.8 Å². The number of hydrogen-bond donors (Lipinski definition) is 2. The number of halogens is 3. The van der Waals surface area contributed by atoms with Crippen molar-refractivity contribution in [2.45, 2.75) is 25.7 Å². The predicted octanol–water partition coefficient (Wildman–Crippen LogP) is 6.49. The van der Waals surface area contributed by atoms with Gasteiger partial charge in [0.25, 0.3) is 5.91 Å². The Morgan fingerprint density at radius 1 is 1.00 bits per heavy atom. The molecule has 0 aliphatic heterocycles. The van der Waals surface area contributed by atoms with E-state index in [0.717, 1.165) is 63.2 Å². The van der Waals surface area contributed by atoms with Crippen LogP contribution in [0.25, 0.3) is 22.0 Å². The first-order valence-corrected chi connectivity index (χ1v) is 13.2. The Labute approximate surface area is 245 Å². The average Bonchev–Trinajstić information content (AvgIpc) is 3.01. The minimum Gasteiger partial charge on any atom is -0.497 e. The van der Waals surface area contributed by atoms with Gasteiger partial charge in [0.05, 0.1) is 18.2 Å². The van der Waals surface area contributed by atoms with Gasteiger partial charge in [0.1, 0.15) is 11.6 Å². The predicted molar refractivity (Wildman–Crippen MR) is 158 cm³/mol. The highest BCUT2D eigenvalue weighted by molar-refractivity contribution is 6.04. The van der Waals surface area contributed by atoms with Crippen LogP contribution in [0.15, 0.2) is 85.5 Å². The molecular weight excluding hydrogens is 559 g/mol. The second kappa shape index (κ2) is 12.1. The minimum absolute atomic E-state index is 0.117. The van der Waals surface area contributed by atoms with Crippen LogP contribution in [0.4, 0.5) is 24.7 Å². The van der Waals surface area contributed by atoms with E-state index < -0.39 is 23.8 Å². The molecule has 1 amide bonds. The Morgan fingerprint density at radius 2 is 1.77 bits per heavy atom. The number of carbonyl (C=O) groups is 1. The Kier molecular flexibility index (Phi) is 8.27. The zero-order chi connectivity index (χ0) is 30.7. The van der Waals surface area contributed by atoms with E-state index in [2.05, 4.69) is 20.3 Å². The van der Waals surface area contributed by atoms with Gasteiger partial charge in [-0.2, -0.15) is 13.2 Å². The van der Waals surface area contributed by atoms with Gasteiger partial charge in [-0.3, -0.25) is 14.8 Å². The zero-order valence-corrected chi connectivity index (χ0v) is 23.6. The molecule has 0 fully saturated rings. The molecule has 0 aliphatic carbocycles. The van der Waals surface area contributed by atoms with Crippen molar-refractivity contribution in [3.8, 4) is 16.9 Å². The van der Waals surface area contributed by atoms with Crippen molar-refractivity contribution in [3.63, 3.8) is 0 Å².